The predicted octanol–water partition coefficient (Wildman–Crippen LogP) is 3.33. The Morgan fingerprint density at radius 3 is 2.46 bits per heavy atom. The van der Waals surface area contributed by atoms with Crippen molar-refractivity contribution in [3.63, 3.8) is 0 Å². The van der Waals surface area contributed by atoms with Gasteiger partial charge < -0.3 is 15.2 Å². The second-order valence-corrected chi connectivity index (χ2v) is 5.74. The summed E-state index contributed by atoms with van der Waals surface area (Å²) in [6.45, 7) is -1.13. The molecular formula is C18H17F3N4O. The Morgan fingerprint density at radius 1 is 1.04 bits per heavy atom. The normalized spacial score (nSPS) is 11.5. The second-order valence-electron chi connectivity index (χ2n) is 5.74. The van der Waals surface area contributed by atoms with Gasteiger partial charge in [-0.1, -0.05) is 42.5 Å². The number of alkyl halides is 3. The van der Waals surface area contributed by atoms with Crippen LogP contribution in [0.25, 0.3) is 11.0 Å². The molecule has 26 heavy (non-hydrogen) atoms. The number of aromatic nitrogens is 2. The van der Waals surface area contributed by atoms with Crippen molar-refractivity contribution in [1.82, 2.24) is 14.9 Å². The first-order chi connectivity index (χ1) is 12.4. The zero-order chi connectivity index (χ0) is 18.6. The summed E-state index contributed by atoms with van der Waals surface area (Å²) in [5, 5.41) is 5.03. The van der Waals surface area contributed by atoms with Gasteiger partial charge in [-0.05, 0) is 17.7 Å². The Bertz CT molecular complexity index is 890. The molecule has 0 spiro atoms. The summed E-state index contributed by atoms with van der Waals surface area (Å²) < 4.78 is 38.4. The third-order valence-corrected chi connectivity index (χ3v) is 3.74. The molecule has 5 nitrogen and oxygen atoms in total. The molecule has 0 aliphatic carbocycles. The van der Waals surface area contributed by atoms with Gasteiger partial charge in [-0.25, -0.2) is 4.98 Å². The van der Waals surface area contributed by atoms with Crippen molar-refractivity contribution in [2.75, 3.05) is 11.9 Å². The van der Waals surface area contributed by atoms with Gasteiger partial charge in [0.1, 0.15) is 13.1 Å². The monoisotopic (exact) mass is 362 g/mol. The minimum Gasteiger partial charge on any atom is -0.352 e. The number of nitrogens with one attached hydrogen (secondary N) is 2. The van der Waals surface area contributed by atoms with E-state index in [1.165, 1.54) is 0 Å². The highest BCUT2D eigenvalue weighted by atomic mass is 19.4. The van der Waals surface area contributed by atoms with Crippen molar-refractivity contribution in [2.45, 2.75) is 19.3 Å². The van der Waals surface area contributed by atoms with Crippen LogP contribution in [0.5, 0.6) is 0 Å². The number of amides is 1. The summed E-state index contributed by atoms with van der Waals surface area (Å²) in [6.07, 6.45) is -4.44. The van der Waals surface area contributed by atoms with E-state index in [4.69, 9.17) is 0 Å². The summed E-state index contributed by atoms with van der Waals surface area (Å²) in [6, 6.07) is 16.8. The lowest BCUT2D eigenvalue weighted by Gasteiger charge is -2.12. The maximum atomic E-state index is 12.3. The summed E-state index contributed by atoms with van der Waals surface area (Å²) in [4.78, 5) is 16.4. The van der Waals surface area contributed by atoms with Crippen LogP contribution in [0.2, 0.25) is 0 Å². The summed E-state index contributed by atoms with van der Waals surface area (Å²) >= 11 is 0. The molecule has 0 unspecified atom stereocenters. The topological polar surface area (TPSA) is 59.0 Å². The quantitative estimate of drug-likeness (QED) is 0.707. The number of imidazole rings is 1. The first-order valence-corrected chi connectivity index (χ1v) is 7.99. The van der Waals surface area contributed by atoms with Crippen LogP contribution < -0.4 is 10.6 Å². The smallest absolute Gasteiger partial charge is 0.352 e. The molecule has 0 saturated heterocycles. The van der Waals surface area contributed by atoms with E-state index in [0.29, 0.717) is 23.5 Å². The van der Waals surface area contributed by atoms with Crippen LogP contribution in [0.1, 0.15) is 5.56 Å². The summed E-state index contributed by atoms with van der Waals surface area (Å²) in [7, 11) is 0. The van der Waals surface area contributed by atoms with Crippen molar-refractivity contribution in [3.8, 4) is 0 Å². The van der Waals surface area contributed by atoms with Gasteiger partial charge in [0, 0.05) is 6.54 Å². The number of nitrogens with zero attached hydrogens (tertiary/aromatic N) is 2. The van der Waals surface area contributed by atoms with E-state index < -0.39 is 18.6 Å². The third-order valence-electron chi connectivity index (χ3n) is 3.74. The van der Waals surface area contributed by atoms with Gasteiger partial charge in [0.25, 0.3) is 0 Å². The van der Waals surface area contributed by atoms with Gasteiger partial charge in [0.15, 0.2) is 0 Å². The van der Waals surface area contributed by atoms with Crippen molar-refractivity contribution in [3.05, 3.63) is 60.2 Å². The number of halogens is 3. The fourth-order valence-corrected chi connectivity index (χ4v) is 2.55. The summed E-state index contributed by atoms with van der Waals surface area (Å²) in [5.41, 5.74) is 2.35. The van der Waals surface area contributed by atoms with Crippen LogP contribution in [0.4, 0.5) is 19.1 Å². The van der Waals surface area contributed by atoms with Gasteiger partial charge in [-0.2, -0.15) is 13.2 Å². The predicted molar refractivity (Wildman–Crippen MR) is 92.6 cm³/mol. The fourth-order valence-electron chi connectivity index (χ4n) is 2.55. The van der Waals surface area contributed by atoms with E-state index in [2.05, 4.69) is 10.3 Å². The summed E-state index contributed by atoms with van der Waals surface area (Å²) in [5.74, 6) is -0.301. The van der Waals surface area contributed by atoms with E-state index in [9.17, 15) is 18.0 Å². The lowest BCUT2D eigenvalue weighted by Crippen LogP contribution is -2.36. The van der Waals surface area contributed by atoms with E-state index in [1.807, 2.05) is 41.7 Å². The maximum absolute atomic E-state index is 12.3. The molecule has 0 radical (unpaired) electrons. The zero-order valence-corrected chi connectivity index (χ0v) is 13.8. The number of rotatable bonds is 6. The number of hydrogen-bond donors (Lipinski definition) is 2. The van der Waals surface area contributed by atoms with Crippen LogP contribution in [0, 0.1) is 0 Å². The highest BCUT2D eigenvalue weighted by Crippen LogP contribution is 2.20. The molecule has 2 aromatic carbocycles. The van der Waals surface area contributed by atoms with E-state index >= 15 is 0 Å². The molecule has 1 aromatic heterocycles. The zero-order valence-electron chi connectivity index (χ0n) is 13.8. The third kappa shape index (κ3) is 4.53. The Balaban J connectivity index is 1.79. The SMILES string of the molecule is O=C(Cn1c(NCc2ccccc2)nc2ccccc21)NCC(F)(F)F. The molecule has 0 bridgehead atoms. The molecule has 0 aliphatic heterocycles. The number of anilines is 1. The molecule has 1 heterocycles. The largest absolute Gasteiger partial charge is 0.405 e. The highest BCUT2D eigenvalue weighted by molar-refractivity contribution is 5.83. The number of carbonyl (C=O) groups is 1. The Kier molecular flexibility index (Phi) is 5.11. The van der Waals surface area contributed by atoms with E-state index in [-0.39, 0.29) is 6.54 Å². The van der Waals surface area contributed by atoms with Crippen LogP contribution in [-0.2, 0) is 17.9 Å². The van der Waals surface area contributed by atoms with Crippen molar-refractivity contribution in [1.29, 1.82) is 0 Å². The van der Waals surface area contributed by atoms with Gasteiger partial charge in [0.2, 0.25) is 11.9 Å². The maximum Gasteiger partial charge on any atom is 0.405 e. The second kappa shape index (κ2) is 7.47. The lowest BCUT2D eigenvalue weighted by molar-refractivity contribution is -0.138. The molecule has 1 amide bonds. The molecular weight excluding hydrogens is 345 g/mol. The standard InChI is InChI=1S/C18H17F3N4O/c19-18(20,21)12-23-16(26)11-25-15-9-5-4-8-14(15)24-17(25)22-10-13-6-2-1-3-7-13/h1-9H,10-12H2,(H,22,24)(H,23,26). The molecule has 3 aromatic rings. The molecule has 2 N–H and O–H groups in total. The average Bonchev–Trinajstić information content (AvgIpc) is 2.96. The Hall–Kier alpha value is -3.03. The highest BCUT2D eigenvalue weighted by Gasteiger charge is 2.28. The van der Waals surface area contributed by atoms with Gasteiger partial charge in [-0.15, -0.1) is 0 Å². The molecule has 3 rings (SSSR count). The van der Waals surface area contributed by atoms with Crippen molar-refractivity contribution < 1.29 is 18.0 Å². The minimum atomic E-state index is -4.44. The molecule has 0 atom stereocenters. The van der Waals surface area contributed by atoms with Crippen molar-refractivity contribution >= 4 is 22.9 Å². The van der Waals surface area contributed by atoms with Crippen LogP contribution in [-0.4, -0.2) is 28.2 Å². The first-order valence-electron chi connectivity index (χ1n) is 7.99. The molecule has 0 fully saturated rings. The van der Waals surface area contributed by atoms with Crippen molar-refractivity contribution in [2.24, 2.45) is 0 Å². The Morgan fingerprint density at radius 2 is 1.73 bits per heavy atom. The van der Waals surface area contributed by atoms with E-state index in [1.54, 1.807) is 22.8 Å². The number of fused-ring (bicyclic) bond motifs is 1. The van der Waals surface area contributed by atoms with Crippen LogP contribution in [0.3, 0.4) is 0 Å². The van der Waals surface area contributed by atoms with Gasteiger partial charge in [-0.3, -0.25) is 4.79 Å². The molecule has 136 valence electrons. The molecule has 0 saturated carbocycles. The number of hydrogen-bond acceptors (Lipinski definition) is 3. The van der Waals surface area contributed by atoms with Crippen LogP contribution in [0.15, 0.2) is 54.6 Å². The average molecular weight is 362 g/mol. The van der Waals surface area contributed by atoms with Crippen LogP contribution >= 0.6 is 0 Å². The van der Waals surface area contributed by atoms with E-state index in [0.717, 1.165) is 5.56 Å². The lowest BCUT2D eigenvalue weighted by atomic mass is 10.2. The van der Waals surface area contributed by atoms with Gasteiger partial charge in [0.05, 0.1) is 11.0 Å². The molecule has 8 heteroatoms. The number of carbonyl (C=O) groups excluding carboxylic acids is 1. The number of para-hydroxylation sites is 2. The fraction of sp³-hybridized carbons (Fsp3) is 0.222. The number of benzene rings is 2. The first kappa shape index (κ1) is 17.8. The minimum absolute atomic E-state index is 0.256. The van der Waals surface area contributed by atoms with Gasteiger partial charge >= 0.3 is 6.18 Å². The molecule has 0 aliphatic rings. The Labute approximate surface area is 147 Å².